The molecule has 4 saturated carbocycles. The van der Waals surface area contributed by atoms with Crippen molar-refractivity contribution >= 4 is 0 Å². The van der Waals surface area contributed by atoms with Gasteiger partial charge in [0.15, 0.2) is 0 Å². The summed E-state index contributed by atoms with van der Waals surface area (Å²) >= 11 is 0. The summed E-state index contributed by atoms with van der Waals surface area (Å²) in [5, 5.41) is 8.47. The maximum atomic E-state index is 4.46. The molecule has 4 heteroatoms. The lowest BCUT2D eigenvalue weighted by Crippen LogP contribution is -2.82. The van der Waals surface area contributed by atoms with Crippen LogP contribution in [0.1, 0.15) is 135 Å². The summed E-state index contributed by atoms with van der Waals surface area (Å²) < 4.78 is 0. The highest BCUT2D eigenvalue weighted by molar-refractivity contribution is 5.23. The molecule has 1 spiro atoms. The van der Waals surface area contributed by atoms with Gasteiger partial charge in [0, 0.05) is 54.3 Å². The Kier molecular flexibility index (Phi) is 7.57. The first-order valence-electron chi connectivity index (χ1n) is 18.4. The summed E-state index contributed by atoms with van der Waals surface area (Å²) in [7, 11) is 0. The molecule has 8 fully saturated rings. The van der Waals surface area contributed by atoms with Gasteiger partial charge in [-0.25, -0.2) is 0 Å². The van der Waals surface area contributed by atoms with Crippen molar-refractivity contribution in [1.82, 2.24) is 20.4 Å². The summed E-state index contributed by atoms with van der Waals surface area (Å²) in [5.74, 6) is 2.81. The number of nitrogens with zero attached hydrogens (tertiary/aromatic N) is 2. The maximum absolute atomic E-state index is 4.46. The second-order valence-electron chi connectivity index (χ2n) is 15.7. The fourth-order valence-electron chi connectivity index (χ4n) is 13.4. The highest BCUT2D eigenvalue weighted by Gasteiger charge is 2.70. The van der Waals surface area contributed by atoms with Crippen molar-refractivity contribution in [1.29, 1.82) is 0 Å². The van der Waals surface area contributed by atoms with E-state index in [9.17, 15) is 0 Å². The van der Waals surface area contributed by atoms with Crippen LogP contribution in [-0.2, 0) is 0 Å². The van der Waals surface area contributed by atoms with E-state index in [4.69, 9.17) is 0 Å². The molecular weight excluding hydrogens is 476 g/mol. The highest BCUT2D eigenvalue weighted by Crippen LogP contribution is 2.66. The minimum absolute atomic E-state index is 0.546. The largest absolute Gasteiger partial charge is 0.315 e. The first kappa shape index (κ1) is 26.5. The first-order valence-corrected chi connectivity index (χ1v) is 18.4. The molecule has 4 aliphatic heterocycles. The van der Waals surface area contributed by atoms with E-state index in [2.05, 4.69) is 20.4 Å². The van der Waals surface area contributed by atoms with E-state index in [-0.39, 0.29) is 0 Å². The molecule has 0 radical (unpaired) electrons. The molecule has 0 aromatic heterocycles. The lowest BCUT2D eigenvalue weighted by molar-refractivity contribution is -0.243. The SMILES string of the molecule is C1CCC(N2C3CCCCC3C3(C4CCNCC42)C2CCCCC2N(C2CCCCC2)C2CCCNC23)CC1. The quantitative estimate of drug-likeness (QED) is 0.423. The highest BCUT2D eigenvalue weighted by atomic mass is 15.3. The van der Waals surface area contributed by atoms with Gasteiger partial charge >= 0.3 is 0 Å². The van der Waals surface area contributed by atoms with Gasteiger partial charge in [-0.2, -0.15) is 0 Å². The number of likely N-dealkylation sites (tertiary alicyclic amines) is 2. The Labute approximate surface area is 240 Å². The minimum atomic E-state index is 0.546. The van der Waals surface area contributed by atoms with Gasteiger partial charge in [-0.15, -0.1) is 0 Å². The summed E-state index contributed by atoms with van der Waals surface area (Å²) in [6.07, 6.45) is 31.4. The molecule has 8 aliphatic rings. The van der Waals surface area contributed by atoms with E-state index in [1.165, 1.54) is 142 Å². The lowest BCUT2D eigenvalue weighted by Gasteiger charge is -2.75. The van der Waals surface area contributed by atoms with Crippen molar-refractivity contribution in [3.8, 4) is 0 Å². The van der Waals surface area contributed by atoms with Gasteiger partial charge in [0.25, 0.3) is 0 Å². The molecule has 4 aliphatic carbocycles. The van der Waals surface area contributed by atoms with Gasteiger partial charge in [-0.05, 0) is 101 Å². The number of rotatable bonds is 2. The third-order valence-corrected chi connectivity index (χ3v) is 14.3. The molecule has 4 heterocycles. The van der Waals surface area contributed by atoms with Crippen LogP contribution in [0.5, 0.6) is 0 Å². The zero-order chi connectivity index (χ0) is 25.8. The minimum Gasteiger partial charge on any atom is -0.315 e. The molecule has 220 valence electrons. The summed E-state index contributed by atoms with van der Waals surface area (Å²) in [5.41, 5.74) is 0.546. The topological polar surface area (TPSA) is 30.5 Å². The van der Waals surface area contributed by atoms with E-state index in [1.54, 1.807) is 12.8 Å². The smallest absolute Gasteiger partial charge is 0.0289 e. The van der Waals surface area contributed by atoms with Crippen molar-refractivity contribution in [2.45, 2.75) is 177 Å². The zero-order valence-electron chi connectivity index (χ0n) is 25.1. The molecule has 9 atom stereocenters. The molecule has 0 aromatic rings. The number of nitrogens with one attached hydrogen (secondary N) is 2. The molecule has 8 rings (SSSR count). The second-order valence-corrected chi connectivity index (χ2v) is 15.7. The van der Waals surface area contributed by atoms with Crippen molar-refractivity contribution in [2.24, 2.45) is 23.2 Å². The van der Waals surface area contributed by atoms with Crippen molar-refractivity contribution in [3.63, 3.8) is 0 Å². The molecule has 0 bridgehead atoms. The van der Waals surface area contributed by atoms with Gasteiger partial charge in [0.2, 0.25) is 0 Å². The second kappa shape index (κ2) is 11.2. The fraction of sp³-hybridized carbons (Fsp3) is 1.00. The summed E-state index contributed by atoms with van der Waals surface area (Å²) in [6, 6.07) is 5.92. The zero-order valence-corrected chi connectivity index (χ0v) is 25.1. The van der Waals surface area contributed by atoms with Crippen LogP contribution >= 0.6 is 0 Å². The Morgan fingerprint density at radius 1 is 0.436 bits per heavy atom. The van der Waals surface area contributed by atoms with Crippen LogP contribution in [0.3, 0.4) is 0 Å². The predicted molar refractivity (Wildman–Crippen MR) is 161 cm³/mol. The molecular formula is C35H60N4. The first-order chi connectivity index (χ1) is 19.4. The van der Waals surface area contributed by atoms with E-state index >= 15 is 0 Å². The lowest BCUT2D eigenvalue weighted by atomic mass is 9.41. The van der Waals surface area contributed by atoms with Crippen molar-refractivity contribution < 1.29 is 0 Å². The van der Waals surface area contributed by atoms with Crippen LogP contribution in [0, 0.1) is 23.2 Å². The van der Waals surface area contributed by atoms with Crippen LogP contribution in [0.15, 0.2) is 0 Å². The predicted octanol–water partition coefficient (Wildman–Crippen LogP) is 6.49. The molecule has 2 N–H and O–H groups in total. The van der Waals surface area contributed by atoms with Crippen LogP contribution in [0.2, 0.25) is 0 Å². The van der Waals surface area contributed by atoms with Gasteiger partial charge in [0.1, 0.15) is 0 Å². The number of piperidine rings is 4. The standard InChI is InChI=1S/C35H60N4/c1-3-12-25(13-4-1)38-30-18-9-7-16-27(30)35(34-32(38)20-11-22-37-34)28-17-8-10-19-31(28)39(26-14-5-2-6-15-26)33-24-36-23-21-29(33)35/h25-34,36-37H,1-24H2. The number of hydrogen-bond donors (Lipinski definition) is 2. The Morgan fingerprint density at radius 3 is 1.59 bits per heavy atom. The fourth-order valence-corrected chi connectivity index (χ4v) is 13.4. The number of hydrogen-bond acceptors (Lipinski definition) is 4. The van der Waals surface area contributed by atoms with Gasteiger partial charge in [0.05, 0.1) is 0 Å². The molecule has 9 unspecified atom stereocenters. The maximum Gasteiger partial charge on any atom is 0.0289 e. The van der Waals surface area contributed by atoms with Crippen molar-refractivity contribution in [2.75, 3.05) is 19.6 Å². The third kappa shape index (κ3) is 4.18. The Balaban J connectivity index is 1.26. The average molecular weight is 537 g/mol. The van der Waals surface area contributed by atoms with E-state index in [1.807, 2.05) is 0 Å². The monoisotopic (exact) mass is 536 g/mol. The number of fused-ring (bicyclic) bond motifs is 8. The Bertz CT molecular complexity index is 713. The van der Waals surface area contributed by atoms with E-state index < -0.39 is 0 Å². The Hall–Kier alpha value is -0.160. The summed E-state index contributed by atoms with van der Waals surface area (Å²) in [4.78, 5) is 6.58. The van der Waals surface area contributed by atoms with Crippen LogP contribution in [0.25, 0.3) is 0 Å². The molecule has 39 heavy (non-hydrogen) atoms. The van der Waals surface area contributed by atoms with Crippen LogP contribution in [-0.4, -0.2) is 71.7 Å². The van der Waals surface area contributed by atoms with Gasteiger partial charge in [-0.1, -0.05) is 64.2 Å². The van der Waals surface area contributed by atoms with E-state index in [0.717, 1.165) is 60.0 Å². The van der Waals surface area contributed by atoms with Gasteiger partial charge < -0.3 is 10.6 Å². The molecule has 0 amide bonds. The van der Waals surface area contributed by atoms with Gasteiger partial charge in [-0.3, -0.25) is 9.80 Å². The third-order valence-electron chi connectivity index (χ3n) is 14.3. The molecule has 4 nitrogen and oxygen atoms in total. The van der Waals surface area contributed by atoms with Crippen LogP contribution < -0.4 is 10.6 Å². The van der Waals surface area contributed by atoms with Crippen molar-refractivity contribution in [3.05, 3.63) is 0 Å². The normalized spacial score (nSPS) is 48.6. The summed E-state index contributed by atoms with van der Waals surface area (Å²) in [6.45, 7) is 3.85. The molecule has 0 aromatic carbocycles. The van der Waals surface area contributed by atoms with Crippen LogP contribution in [0.4, 0.5) is 0 Å². The van der Waals surface area contributed by atoms with E-state index in [0.29, 0.717) is 5.41 Å². The molecule has 4 saturated heterocycles. The average Bonchev–Trinajstić information content (AvgIpc) is 3.02. The Morgan fingerprint density at radius 2 is 0.949 bits per heavy atom.